The van der Waals surface area contributed by atoms with E-state index in [9.17, 15) is 18.4 Å². The summed E-state index contributed by atoms with van der Waals surface area (Å²) >= 11 is 3.36. The quantitative estimate of drug-likeness (QED) is 0.737. The van der Waals surface area contributed by atoms with Crippen LogP contribution in [0.25, 0.3) is 0 Å². The van der Waals surface area contributed by atoms with Gasteiger partial charge in [0.05, 0.1) is 6.54 Å². The van der Waals surface area contributed by atoms with Crippen molar-refractivity contribution < 1.29 is 23.1 Å². The van der Waals surface area contributed by atoms with Gasteiger partial charge in [-0.2, -0.15) is 8.78 Å². The molecule has 0 spiro atoms. The number of hydrogen-bond donors (Lipinski definition) is 1. The van der Waals surface area contributed by atoms with E-state index in [-0.39, 0.29) is 12.3 Å². The molecule has 3 amide bonds. The van der Waals surface area contributed by atoms with E-state index < -0.39 is 24.1 Å². The fraction of sp³-hybridized carbons (Fsp3) is 0.222. The summed E-state index contributed by atoms with van der Waals surface area (Å²) in [6, 6.07) is 12.4. The number of ether oxygens (including phenoxy) is 1. The van der Waals surface area contributed by atoms with Crippen molar-refractivity contribution in [2.75, 3.05) is 0 Å². The van der Waals surface area contributed by atoms with E-state index in [4.69, 9.17) is 0 Å². The summed E-state index contributed by atoms with van der Waals surface area (Å²) in [6.45, 7) is -1.21. The van der Waals surface area contributed by atoms with Gasteiger partial charge < -0.3 is 10.1 Å². The molecule has 5 nitrogen and oxygen atoms in total. The minimum atomic E-state index is -2.93. The summed E-state index contributed by atoms with van der Waals surface area (Å²) in [5.41, 5.74) is 0.00827. The fourth-order valence-corrected chi connectivity index (χ4v) is 3.27. The molecule has 8 heteroatoms. The Hall–Kier alpha value is -2.48. The summed E-state index contributed by atoms with van der Waals surface area (Å²) in [5.74, 6) is -0.430. The van der Waals surface area contributed by atoms with Gasteiger partial charge in [0.25, 0.3) is 5.91 Å². The lowest BCUT2D eigenvalue weighted by atomic mass is 9.92. The predicted octanol–water partition coefficient (Wildman–Crippen LogP) is 4.02. The Morgan fingerprint density at radius 3 is 2.50 bits per heavy atom. The number of nitrogens with one attached hydrogen (secondary N) is 1. The molecule has 1 atom stereocenters. The van der Waals surface area contributed by atoms with Gasteiger partial charge in [-0.25, -0.2) is 4.79 Å². The molecule has 1 saturated heterocycles. The Morgan fingerprint density at radius 1 is 1.19 bits per heavy atom. The maximum atomic E-state index is 12.9. The van der Waals surface area contributed by atoms with Crippen LogP contribution in [0, 0.1) is 0 Å². The van der Waals surface area contributed by atoms with Crippen LogP contribution in [-0.2, 0) is 16.9 Å². The summed E-state index contributed by atoms with van der Waals surface area (Å²) in [7, 11) is 0. The lowest BCUT2D eigenvalue weighted by molar-refractivity contribution is -0.131. The molecule has 1 N–H and O–H groups in total. The zero-order valence-corrected chi connectivity index (χ0v) is 15.3. The number of imide groups is 1. The summed E-state index contributed by atoms with van der Waals surface area (Å²) < 4.78 is 29.7. The molecule has 1 aliphatic rings. The second kappa shape index (κ2) is 7.03. The van der Waals surface area contributed by atoms with Gasteiger partial charge in [-0.15, -0.1) is 0 Å². The molecular weight excluding hydrogens is 410 g/mol. The van der Waals surface area contributed by atoms with Crippen LogP contribution < -0.4 is 10.1 Å². The third kappa shape index (κ3) is 3.55. The van der Waals surface area contributed by atoms with Crippen LogP contribution in [0.4, 0.5) is 13.6 Å². The monoisotopic (exact) mass is 424 g/mol. The van der Waals surface area contributed by atoms with Crippen LogP contribution in [0.15, 0.2) is 53.0 Å². The van der Waals surface area contributed by atoms with Crippen molar-refractivity contribution >= 4 is 27.9 Å². The van der Waals surface area contributed by atoms with Gasteiger partial charge in [0.2, 0.25) is 0 Å². The molecule has 1 aliphatic heterocycles. The number of carbonyl (C=O) groups excluding carboxylic acids is 2. The fourth-order valence-electron chi connectivity index (χ4n) is 2.82. The molecule has 26 heavy (non-hydrogen) atoms. The Bertz CT molecular complexity index is 845. The number of carbonyl (C=O) groups is 2. The lowest BCUT2D eigenvalue weighted by Gasteiger charge is -2.22. The highest BCUT2D eigenvalue weighted by atomic mass is 79.9. The Labute approximate surface area is 157 Å². The second-order valence-electron chi connectivity index (χ2n) is 5.98. The van der Waals surface area contributed by atoms with Gasteiger partial charge in [0.15, 0.2) is 0 Å². The van der Waals surface area contributed by atoms with Gasteiger partial charge in [0, 0.05) is 4.47 Å². The van der Waals surface area contributed by atoms with Crippen molar-refractivity contribution in [1.82, 2.24) is 10.2 Å². The zero-order chi connectivity index (χ0) is 18.9. The molecule has 2 aromatic carbocycles. The van der Waals surface area contributed by atoms with E-state index >= 15 is 0 Å². The van der Waals surface area contributed by atoms with Crippen LogP contribution in [0.5, 0.6) is 5.75 Å². The number of benzene rings is 2. The third-order valence-electron chi connectivity index (χ3n) is 4.16. The zero-order valence-electron chi connectivity index (χ0n) is 13.7. The average molecular weight is 425 g/mol. The highest BCUT2D eigenvalue weighted by Crippen LogP contribution is 2.31. The van der Waals surface area contributed by atoms with E-state index in [0.29, 0.717) is 5.56 Å². The lowest BCUT2D eigenvalue weighted by Crippen LogP contribution is -2.40. The predicted molar refractivity (Wildman–Crippen MR) is 93.6 cm³/mol. The molecule has 0 aromatic heterocycles. The van der Waals surface area contributed by atoms with Crippen LogP contribution in [-0.4, -0.2) is 23.4 Å². The van der Waals surface area contributed by atoms with Crippen LogP contribution in [0.2, 0.25) is 0 Å². The third-order valence-corrected chi connectivity index (χ3v) is 4.65. The maximum Gasteiger partial charge on any atom is 0.387 e. The van der Waals surface area contributed by atoms with Crippen molar-refractivity contribution in [3.63, 3.8) is 0 Å². The van der Waals surface area contributed by atoms with Crippen molar-refractivity contribution in [3.05, 3.63) is 64.1 Å². The van der Waals surface area contributed by atoms with Crippen molar-refractivity contribution in [2.45, 2.75) is 25.6 Å². The SMILES string of the molecule is C[C@]1(c2ccc(OC(F)F)cc2)NC(=O)N(Cc2cccc(Br)c2)C1=O. The largest absolute Gasteiger partial charge is 0.435 e. The molecule has 2 aromatic rings. The van der Waals surface area contributed by atoms with Gasteiger partial charge in [-0.05, 0) is 42.3 Å². The minimum Gasteiger partial charge on any atom is -0.435 e. The van der Waals surface area contributed by atoms with Gasteiger partial charge in [-0.1, -0.05) is 40.2 Å². The molecule has 0 saturated carbocycles. The first-order valence-corrected chi connectivity index (χ1v) is 8.53. The van der Waals surface area contributed by atoms with E-state index in [1.807, 2.05) is 24.3 Å². The summed E-state index contributed by atoms with van der Waals surface area (Å²) in [5, 5.41) is 2.68. The molecule has 0 bridgehead atoms. The van der Waals surface area contributed by atoms with E-state index in [1.54, 1.807) is 6.92 Å². The van der Waals surface area contributed by atoms with Gasteiger partial charge in [0.1, 0.15) is 11.3 Å². The number of halogens is 3. The molecule has 0 radical (unpaired) electrons. The standard InChI is InChI=1S/C18H15BrF2N2O3/c1-18(12-5-7-14(8-6-12)26-16(20)21)15(24)23(17(25)22-18)10-11-3-2-4-13(19)9-11/h2-9,16H,10H2,1H3,(H,22,25)/t18-/m1/s1. The minimum absolute atomic E-state index is 0.0184. The number of amides is 3. The van der Waals surface area contributed by atoms with Crippen LogP contribution in [0.3, 0.4) is 0 Å². The summed E-state index contributed by atoms with van der Waals surface area (Å²) in [6.07, 6.45) is 0. The Balaban J connectivity index is 1.82. The first-order valence-electron chi connectivity index (χ1n) is 7.73. The average Bonchev–Trinajstić information content (AvgIpc) is 2.79. The second-order valence-corrected chi connectivity index (χ2v) is 6.89. The normalized spacial score (nSPS) is 19.8. The molecule has 3 rings (SSSR count). The van der Waals surface area contributed by atoms with Crippen molar-refractivity contribution in [1.29, 1.82) is 0 Å². The highest BCUT2D eigenvalue weighted by Gasteiger charge is 2.48. The van der Waals surface area contributed by atoms with E-state index in [2.05, 4.69) is 26.0 Å². The number of urea groups is 1. The van der Waals surface area contributed by atoms with Crippen LogP contribution in [0.1, 0.15) is 18.1 Å². The van der Waals surface area contributed by atoms with Gasteiger partial charge >= 0.3 is 12.6 Å². The molecule has 1 fully saturated rings. The maximum absolute atomic E-state index is 12.9. The molecule has 1 heterocycles. The molecular formula is C18H15BrF2N2O3. The van der Waals surface area contributed by atoms with Crippen LogP contribution >= 0.6 is 15.9 Å². The Morgan fingerprint density at radius 2 is 1.88 bits per heavy atom. The van der Waals surface area contributed by atoms with Crippen molar-refractivity contribution in [3.8, 4) is 5.75 Å². The number of rotatable bonds is 5. The number of hydrogen-bond acceptors (Lipinski definition) is 3. The number of alkyl halides is 2. The molecule has 0 aliphatic carbocycles. The molecule has 136 valence electrons. The van der Waals surface area contributed by atoms with E-state index in [1.165, 1.54) is 24.3 Å². The van der Waals surface area contributed by atoms with E-state index in [0.717, 1.165) is 14.9 Å². The topological polar surface area (TPSA) is 58.6 Å². The first kappa shape index (κ1) is 18.3. The number of nitrogens with zero attached hydrogens (tertiary/aromatic N) is 1. The van der Waals surface area contributed by atoms with Gasteiger partial charge in [-0.3, -0.25) is 9.69 Å². The molecule has 0 unspecified atom stereocenters. The Kier molecular flexibility index (Phi) is 4.95. The smallest absolute Gasteiger partial charge is 0.387 e. The summed E-state index contributed by atoms with van der Waals surface area (Å²) in [4.78, 5) is 26.3. The van der Waals surface area contributed by atoms with Crippen molar-refractivity contribution in [2.24, 2.45) is 0 Å². The highest BCUT2D eigenvalue weighted by molar-refractivity contribution is 9.10. The first-order chi connectivity index (χ1) is 12.3.